The van der Waals surface area contributed by atoms with Gasteiger partial charge in [0.15, 0.2) is 0 Å². The van der Waals surface area contributed by atoms with Crippen molar-refractivity contribution in [2.24, 2.45) is 0 Å². The van der Waals surface area contributed by atoms with Gasteiger partial charge in [-0.3, -0.25) is 0 Å². The topological polar surface area (TPSA) is 136 Å². The second kappa shape index (κ2) is 9.05. The fraction of sp³-hybridized carbons (Fsp3) is 0.400. The van der Waals surface area contributed by atoms with Crippen LogP contribution in [0.3, 0.4) is 0 Å². The van der Waals surface area contributed by atoms with Gasteiger partial charge in [-0.05, 0) is 23.8 Å². The van der Waals surface area contributed by atoms with Crippen molar-refractivity contribution in [3.8, 4) is 22.9 Å². The van der Waals surface area contributed by atoms with Crippen LogP contribution in [0.2, 0.25) is 5.15 Å². The molecule has 1 saturated heterocycles. The first-order valence-corrected chi connectivity index (χ1v) is 9.31. The van der Waals surface area contributed by atoms with E-state index in [2.05, 4.69) is 4.98 Å². The van der Waals surface area contributed by atoms with Gasteiger partial charge in [-0.15, -0.1) is 0 Å². The van der Waals surface area contributed by atoms with E-state index in [0.29, 0.717) is 17.0 Å². The van der Waals surface area contributed by atoms with E-state index in [1.807, 2.05) is 6.07 Å². The predicted octanol–water partition coefficient (Wildman–Crippen LogP) is 0.667. The highest BCUT2D eigenvalue weighted by atomic mass is 35.5. The number of aliphatic hydroxyl groups excluding tert-OH is 4. The zero-order chi connectivity index (χ0) is 21.1. The van der Waals surface area contributed by atoms with Crippen molar-refractivity contribution in [2.45, 2.75) is 36.9 Å². The van der Waals surface area contributed by atoms with Crippen molar-refractivity contribution in [1.82, 2.24) is 4.98 Å². The number of aliphatic hydroxyl groups is 4. The molecule has 1 aromatic carbocycles. The lowest BCUT2D eigenvalue weighted by molar-refractivity contribution is -0.228. The van der Waals surface area contributed by atoms with Crippen LogP contribution in [0.25, 0.3) is 11.1 Å². The minimum absolute atomic E-state index is 0.000378. The van der Waals surface area contributed by atoms with E-state index in [0.717, 1.165) is 5.56 Å². The number of hydrogen-bond acceptors (Lipinski definition) is 8. The van der Waals surface area contributed by atoms with Crippen LogP contribution in [0.5, 0.6) is 5.75 Å². The smallest absolute Gasteiger partial charge is 0.147 e. The van der Waals surface area contributed by atoms with Crippen molar-refractivity contribution >= 4 is 11.6 Å². The third kappa shape index (κ3) is 4.36. The average Bonchev–Trinajstić information content (AvgIpc) is 2.73. The van der Waals surface area contributed by atoms with Gasteiger partial charge in [0.25, 0.3) is 0 Å². The summed E-state index contributed by atoms with van der Waals surface area (Å²) in [5, 5.41) is 49.0. The first kappa shape index (κ1) is 21.5. The number of halogens is 1. The van der Waals surface area contributed by atoms with Gasteiger partial charge in [-0.25, -0.2) is 4.98 Å². The molecule has 0 unspecified atom stereocenters. The lowest BCUT2D eigenvalue weighted by Gasteiger charge is -2.40. The number of aromatic nitrogens is 1. The van der Waals surface area contributed by atoms with E-state index in [-0.39, 0.29) is 17.1 Å². The van der Waals surface area contributed by atoms with E-state index >= 15 is 0 Å². The highest BCUT2D eigenvalue weighted by Crippen LogP contribution is 2.31. The highest BCUT2D eigenvalue weighted by molar-refractivity contribution is 6.31. The second-order valence-electron chi connectivity index (χ2n) is 6.74. The van der Waals surface area contributed by atoms with Gasteiger partial charge in [0.2, 0.25) is 0 Å². The quantitative estimate of drug-likeness (QED) is 0.518. The Morgan fingerprint density at radius 2 is 1.79 bits per heavy atom. The molecule has 9 heteroatoms. The minimum Gasteiger partial charge on any atom is -0.497 e. The molecule has 3 rings (SSSR count). The second-order valence-corrected chi connectivity index (χ2v) is 7.10. The highest BCUT2D eigenvalue weighted by Gasteiger charge is 2.43. The first-order chi connectivity index (χ1) is 13.9. The van der Waals surface area contributed by atoms with Gasteiger partial charge in [0, 0.05) is 17.7 Å². The lowest BCUT2D eigenvalue weighted by atomic mass is 9.92. The van der Waals surface area contributed by atoms with Crippen LogP contribution >= 0.6 is 11.6 Å². The van der Waals surface area contributed by atoms with E-state index in [4.69, 9.17) is 21.1 Å². The van der Waals surface area contributed by atoms with E-state index in [9.17, 15) is 25.7 Å². The summed E-state index contributed by atoms with van der Waals surface area (Å²) in [5.41, 5.74) is 1.90. The van der Waals surface area contributed by atoms with Gasteiger partial charge >= 0.3 is 0 Å². The molecule has 0 spiro atoms. The zero-order valence-electron chi connectivity index (χ0n) is 15.6. The number of nitriles is 1. The number of hydrogen-bond donors (Lipinski definition) is 4. The molecule has 0 bridgehead atoms. The van der Waals surface area contributed by atoms with Crippen molar-refractivity contribution in [3.63, 3.8) is 0 Å². The molecule has 29 heavy (non-hydrogen) atoms. The summed E-state index contributed by atoms with van der Waals surface area (Å²) in [6.07, 6.45) is -6.16. The number of rotatable bonds is 5. The molecule has 1 aliphatic rings. The molecule has 5 atom stereocenters. The van der Waals surface area contributed by atoms with Crippen molar-refractivity contribution in [3.05, 3.63) is 46.7 Å². The Balaban J connectivity index is 1.94. The van der Waals surface area contributed by atoms with Gasteiger partial charge in [-0.2, -0.15) is 5.26 Å². The predicted molar refractivity (Wildman–Crippen MR) is 103 cm³/mol. The largest absolute Gasteiger partial charge is 0.497 e. The summed E-state index contributed by atoms with van der Waals surface area (Å²) < 4.78 is 10.7. The van der Waals surface area contributed by atoms with Crippen LogP contribution in [-0.4, -0.2) is 69.6 Å². The average molecular weight is 421 g/mol. The number of methoxy groups -OCH3 is 1. The molecule has 0 radical (unpaired) electrons. The Morgan fingerprint density at radius 1 is 1.14 bits per heavy atom. The van der Waals surface area contributed by atoms with E-state index in [1.165, 1.54) is 0 Å². The van der Waals surface area contributed by atoms with Crippen LogP contribution in [0.15, 0.2) is 30.3 Å². The zero-order valence-corrected chi connectivity index (χ0v) is 16.3. The van der Waals surface area contributed by atoms with E-state index in [1.54, 1.807) is 37.4 Å². The maximum atomic E-state index is 10.3. The van der Waals surface area contributed by atoms with Crippen LogP contribution in [0.1, 0.15) is 11.3 Å². The minimum atomic E-state index is -1.47. The standard InChI is InChI=1S/C20H21ClN2O6/c1-28-12-4-2-10(3-5-12)13-6-11(23-20(21)14(13)8-22)7-15-17(25)19(27)18(26)16(9-24)29-15/h2-6,15-19,24-27H,7,9H2,1H3/t15-,16+,17-,18+,19+/m0/s1. The van der Waals surface area contributed by atoms with Crippen LogP contribution in [0, 0.1) is 11.3 Å². The molecule has 0 aliphatic carbocycles. The molecule has 4 N–H and O–H groups in total. The SMILES string of the molecule is COc1ccc(-c2cc(C[C@@H]3O[C@H](CO)[C@@H](O)[C@H](O)[C@H]3O)nc(Cl)c2C#N)cc1. The molecular formula is C20H21ClN2O6. The van der Waals surface area contributed by atoms with E-state index < -0.39 is 37.1 Å². The summed E-state index contributed by atoms with van der Waals surface area (Å²) in [5.74, 6) is 0.661. The molecule has 2 aromatic rings. The van der Waals surface area contributed by atoms with Crippen LogP contribution in [0.4, 0.5) is 0 Å². The summed E-state index contributed by atoms with van der Waals surface area (Å²) >= 11 is 6.21. The van der Waals surface area contributed by atoms with Gasteiger partial charge < -0.3 is 29.9 Å². The molecular weight excluding hydrogens is 400 g/mol. The maximum absolute atomic E-state index is 10.3. The number of benzene rings is 1. The Kier molecular flexibility index (Phi) is 6.70. The first-order valence-electron chi connectivity index (χ1n) is 8.94. The molecule has 2 heterocycles. The number of pyridine rings is 1. The lowest BCUT2D eigenvalue weighted by Crippen LogP contribution is -2.59. The number of nitrogens with zero attached hydrogens (tertiary/aromatic N) is 2. The molecule has 154 valence electrons. The third-order valence-electron chi connectivity index (χ3n) is 4.94. The van der Waals surface area contributed by atoms with Crippen molar-refractivity contribution in [1.29, 1.82) is 5.26 Å². The van der Waals surface area contributed by atoms with Gasteiger partial charge in [0.1, 0.15) is 41.4 Å². The van der Waals surface area contributed by atoms with Crippen molar-refractivity contribution < 1.29 is 29.9 Å². The molecule has 8 nitrogen and oxygen atoms in total. The van der Waals surface area contributed by atoms with Crippen molar-refractivity contribution in [2.75, 3.05) is 13.7 Å². The molecule has 0 amide bonds. The Labute approximate surface area is 172 Å². The summed E-state index contributed by atoms with van der Waals surface area (Å²) in [6, 6.07) is 10.8. The summed E-state index contributed by atoms with van der Waals surface area (Å²) in [4.78, 5) is 4.21. The van der Waals surface area contributed by atoms with Crippen LogP contribution < -0.4 is 4.74 Å². The molecule has 1 aromatic heterocycles. The van der Waals surface area contributed by atoms with Crippen LogP contribution in [-0.2, 0) is 11.2 Å². The fourth-order valence-electron chi connectivity index (χ4n) is 3.33. The third-order valence-corrected chi connectivity index (χ3v) is 5.22. The maximum Gasteiger partial charge on any atom is 0.147 e. The Hall–Kier alpha value is -2.25. The molecule has 0 saturated carbocycles. The molecule has 1 aliphatic heterocycles. The Bertz CT molecular complexity index is 899. The van der Waals surface area contributed by atoms with Gasteiger partial charge in [0.05, 0.1) is 25.4 Å². The fourth-order valence-corrected chi connectivity index (χ4v) is 3.58. The summed E-state index contributed by atoms with van der Waals surface area (Å²) in [7, 11) is 1.55. The Morgan fingerprint density at radius 3 is 2.38 bits per heavy atom. The summed E-state index contributed by atoms with van der Waals surface area (Å²) in [6.45, 7) is -0.514. The monoisotopic (exact) mass is 420 g/mol. The van der Waals surface area contributed by atoms with Gasteiger partial charge in [-0.1, -0.05) is 23.7 Å². The normalized spacial score (nSPS) is 26.7. The number of ether oxygens (including phenoxy) is 2. The molecule has 1 fully saturated rings.